The third kappa shape index (κ3) is 6.72. The highest BCUT2D eigenvalue weighted by atomic mass is 15.0. The van der Waals surface area contributed by atoms with Gasteiger partial charge in [0.2, 0.25) is 0 Å². The van der Waals surface area contributed by atoms with Crippen LogP contribution in [-0.2, 0) is 0 Å². The molecule has 0 aliphatic heterocycles. The highest BCUT2D eigenvalue weighted by Gasteiger charge is 2.16. The molecule has 0 radical (unpaired) electrons. The van der Waals surface area contributed by atoms with Gasteiger partial charge < -0.3 is 0 Å². The molecule has 0 atom stereocenters. The van der Waals surface area contributed by atoms with E-state index in [9.17, 15) is 0 Å². The van der Waals surface area contributed by atoms with Crippen molar-refractivity contribution >= 4 is 22.9 Å². The fourth-order valence-electron chi connectivity index (χ4n) is 7.32. The van der Waals surface area contributed by atoms with Crippen molar-refractivity contribution in [3.63, 3.8) is 0 Å². The van der Waals surface area contributed by atoms with Crippen LogP contribution in [0.5, 0.6) is 0 Å². The topological polar surface area (TPSA) is 51.6 Å². The Hall–Kier alpha value is -7.56. The van der Waals surface area contributed by atoms with Crippen LogP contribution >= 0.6 is 0 Å². The molecule has 0 saturated carbocycles. The quantitative estimate of drug-likeness (QED) is 0.149. The van der Waals surface area contributed by atoms with Gasteiger partial charge in [0.25, 0.3) is 0 Å². The van der Waals surface area contributed by atoms with Crippen LogP contribution in [0.2, 0.25) is 0 Å². The van der Waals surface area contributed by atoms with E-state index in [1.165, 1.54) is 5.39 Å². The van der Waals surface area contributed by atoms with Crippen LogP contribution in [0.3, 0.4) is 0 Å². The normalized spacial score (nSPS) is 11.0. The largest absolute Gasteiger partial charge is 0.256 e. The summed E-state index contributed by atoms with van der Waals surface area (Å²) in [6, 6.07) is 60.8. The molecule has 9 rings (SSSR count). The molecule has 0 N–H and O–H groups in total. The van der Waals surface area contributed by atoms with E-state index in [0.717, 1.165) is 77.8 Å². The van der Waals surface area contributed by atoms with Crippen LogP contribution in [0.15, 0.2) is 195 Å². The van der Waals surface area contributed by atoms with Crippen molar-refractivity contribution in [3.05, 3.63) is 206 Å². The van der Waals surface area contributed by atoms with E-state index < -0.39 is 0 Å². The minimum atomic E-state index is 0.601. The van der Waals surface area contributed by atoms with Gasteiger partial charge in [-0.15, -0.1) is 0 Å². The van der Waals surface area contributed by atoms with Crippen molar-refractivity contribution in [3.8, 4) is 78.8 Å². The van der Waals surface area contributed by atoms with Crippen LogP contribution in [0.25, 0.3) is 102 Å². The second-order valence-corrected chi connectivity index (χ2v) is 13.6. The Morgan fingerprint density at radius 2 is 0.875 bits per heavy atom. The van der Waals surface area contributed by atoms with E-state index in [0.29, 0.717) is 17.5 Å². The second kappa shape index (κ2) is 15.1. The van der Waals surface area contributed by atoms with Crippen LogP contribution in [0.4, 0.5) is 0 Å². The maximum Gasteiger partial charge on any atom is 0.164 e. The van der Waals surface area contributed by atoms with E-state index in [2.05, 4.69) is 115 Å². The average molecular weight is 717 g/mol. The summed E-state index contributed by atoms with van der Waals surface area (Å²) in [5.74, 6) is 1.84. The number of pyridine rings is 1. The third-order valence-corrected chi connectivity index (χ3v) is 10.1. The molecular formula is C52H36N4. The molecule has 9 aromatic rings. The van der Waals surface area contributed by atoms with E-state index >= 15 is 0 Å². The van der Waals surface area contributed by atoms with Gasteiger partial charge in [0.05, 0.1) is 5.69 Å². The second-order valence-electron chi connectivity index (χ2n) is 13.6. The molecule has 7 aromatic carbocycles. The van der Waals surface area contributed by atoms with Gasteiger partial charge in [-0.25, -0.2) is 15.0 Å². The molecule has 0 unspecified atom stereocenters. The molecule has 2 heterocycles. The van der Waals surface area contributed by atoms with E-state index in [-0.39, 0.29) is 0 Å². The standard InChI is InChI=1S/C52H36N4/c1-3-35-34-48(47-23-12-11-22-46(47)45(35)4-2)41-21-15-20-40(30-41)43-31-42(36-25-27-37(28-26-36)49-24-13-14-29-53-49)32-44(33-43)52-55-50(38-16-7-5-8-17-38)54-51(56-52)39-18-9-6-10-19-39/h3-34H,1-2H2. The maximum absolute atomic E-state index is 5.11. The zero-order valence-corrected chi connectivity index (χ0v) is 30.7. The lowest BCUT2D eigenvalue weighted by Crippen LogP contribution is -2.00. The number of rotatable bonds is 9. The fourth-order valence-corrected chi connectivity index (χ4v) is 7.32. The molecule has 0 spiro atoms. The predicted molar refractivity (Wildman–Crippen MR) is 233 cm³/mol. The molecule has 0 saturated heterocycles. The molecule has 56 heavy (non-hydrogen) atoms. The van der Waals surface area contributed by atoms with Crippen LogP contribution in [-0.4, -0.2) is 19.9 Å². The third-order valence-electron chi connectivity index (χ3n) is 10.1. The number of nitrogens with zero attached hydrogens (tertiary/aromatic N) is 4. The highest BCUT2D eigenvalue weighted by Crippen LogP contribution is 2.38. The molecule has 2 aromatic heterocycles. The summed E-state index contributed by atoms with van der Waals surface area (Å²) in [5, 5.41) is 2.32. The zero-order valence-electron chi connectivity index (χ0n) is 30.7. The van der Waals surface area contributed by atoms with Gasteiger partial charge in [0.1, 0.15) is 0 Å². The minimum Gasteiger partial charge on any atom is -0.256 e. The number of aromatic nitrogens is 4. The number of benzene rings is 7. The molecule has 4 heteroatoms. The highest BCUT2D eigenvalue weighted by molar-refractivity contribution is 6.04. The lowest BCUT2D eigenvalue weighted by molar-refractivity contribution is 1.07. The Bertz CT molecular complexity index is 2810. The van der Waals surface area contributed by atoms with E-state index in [1.54, 1.807) is 0 Å². The summed E-state index contributed by atoms with van der Waals surface area (Å²) in [6.45, 7) is 8.24. The monoisotopic (exact) mass is 716 g/mol. The first-order valence-corrected chi connectivity index (χ1v) is 18.6. The summed E-state index contributed by atoms with van der Waals surface area (Å²) >= 11 is 0. The SMILES string of the molecule is C=Cc1cc(-c2cccc(-c3cc(-c4ccc(-c5ccccn5)cc4)cc(-c4nc(-c5ccccc5)nc(-c5ccccc5)n4)c3)c2)c2ccccc2c1C=C. The van der Waals surface area contributed by atoms with Gasteiger partial charge in [0.15, 0.2) is 17.5 Å². The van der Waals surface area contributed by atoms with Crippen molar-refractivity contribution in [1.29, 1.82) is 0 Å². The first-order valence-electron chi connectivity index (χ1n) is 18.6. The molecular weight excluding hydrogens is 681 g/mol. The number of fused-ring (bicyclic) bond motifs is 1. The Balaban J connectivity index is 1.24. The molecule has 0 bridgehead atoms. The van der Waals surface area contributed by atoms with Gasteiger partial charge in [0, 0.05) is 28.5 Å². The van der Waals surface area contributed by atoms with Crippen molar-refractivity contribution in [2.24, 2.45) is 0 Å². The van der Waals surface area contributed by atoms with Gasteiger partial charge in [-0.1, -0.05) is 159 Å². The summed E-state index contributed by atoms with van der Waals surface area (Å²) in [6.07, 6.45) is 5.65. The molecule has 0 fully saturated rings. The van der Waals surface area contributed by atoms with Crippen molar-refractivity contribution in [2.45, 2.75) is 0 Å². The van der Waals surface area contributed by atoms with Gasteiger partial charge in [-0.2, -0.15) is 0 Å². The maximum atomic E-state index is 5.11. The first kappa shape index (κ1) is 34.2. The van der Waals surface area contributed by atoms with Crippen molar-refractivity contribution < 1.29 is 0 Å². The average Bonchev–Trinajstić information content (AvgIpc) is 3.29. The van der Waals surface area contributed by atoms with E-state index in [4.69, 9.17) is 15.0 Å². The molecule has 0 aliphatic carbocycles. The number of hydrogen-bond donors (Lipinski definition) is 0. The Labute approximate surface area is 326 Å². The number of hydrogen-bond acceptors (Lipinski definition) is 4. The summed E-state index contributed by atoms with van der Waals surface area (Å²) in [5.41, 5.74) is 13.4. The van der Waals surface area contributed by atoms with Crippen LogP contribution < -0.4 is 0 Å². The van der Waals surface area contributed by atoms with E-state index in [1.807, 2.05) is 97.2 Å². The minimum absolute atomic E-state index is 0.601. The zero-order chi connectivity index (χ0) is 37.8. The van der Waals surface area contributed by atoms with Crippen molar-refractivity contribution in [2.75, 3.05) is 0 Å². The molecule has 4 nitrogen and oxygen atoms in total. The molecule has 0 amide bonds. The van der Waals surface area contributed by atoms with Gasteiger partial charge in [-0.3, -0.25) is 4.98 Å². The summed E-state index contributed by atoms with van der Waals surface area (Å²) < 4.78 is 0. The smallest absolute Gasteiger partial charge is 0.164 e. The Morgan fingerprint density at radius 3 is 1.50 bits per heavy atom. The Morgan fingerprint density at radius 1 is 0.357 bits per heavy atom. The van der Waals surface area contributed by atoms with Gasteiger partial charge >= 0.3 is 0 Å². The first-order chi connectivity index (χ1) is 27.6. The lowest BCUT2D eigenvalue weighted by Gasteiger charge is -2.15. The molecule has 0 aliphatic rings. The van der Waals surface area contributed by atoms with Gasteiger partial charge in [-0.05, 0) is 97.7 Å². The molecule has 264 valence electrons. The summed E-state index contributed by atoms with van der Waals surface area (Å²) in [7, 11) is 0. The fraction of sp³-hybridized carbons (Fsp3) is 0. The van der Waals surface area contributed by atoms with Crippen molar-refractivity contribution in [1.82, 2.24) is 19.9 Å². The van der Waals surface area contributed by atoms with Crippen LogP contribution in [0.1, 0.15) is 11.1 Å². The predicted octanol–water partition coefficient (Wildman–Crippen LogP) is 13.4. The Kier molecular flexibility index (Phi) is 9.20. The lowest BCUT2D eigenvalue weighted by atomic mass is 9.89. The summed E-state index contributed by atoms with van der Waals surface area (Å²) in [4.78, 5) is 19.7. The van der Waals surface area contributed by atoms with Crippen LogP contribution in [0, 0.1) is 0 Å².